The van der Waals surface area contributed by atoms with Crippen LogP contribution in [-0.2, 0) is 0 Å². The van der Waals surface area contributed by atoms with Crippen molar-refractivity contribution in [2.75, 3.05) is 0 Å². The van der Waals surface area contributed by atoms with Crippen molar-refractivity contribution in [1.82, 2.24) is 9.13 Å². The Morgan fingerprint density at radius 2 is 0.836 bits per heavy atom. The first-order valence-electron chi connectivity index (χ1n) is 18.8. The maximum atomic E-state index is 6.30. The summed E-state index contributed by atoms with van der Waals surface area (Å²) in [5.41, 5.74) is 13.7. The summed E-state index contributed by atoms with van der Waals surface area (Å²) in [4.78, 5) is 0. The van der Waals surface area contributed by atoms with Crippen molar-refractivity contribution in [3.8, 4) is 33.6 Å². The number of hydrogen-bond donors (Lipinski definition) is 0. The van der Waals surface area contributed by atoms with Crippen molar-refractivity contribution < 1.29 is 4.42 Å². The fraction of sp³-hybridized carbons (Fsp3) is 0. The molecule has 3 nitrogen and oxygen atoms in total. The van der Waals surface area contributed by atoms with Crippen molar-refractivity contribution in [3.05, 3.63) is 194 Å². The molecule has 12 rings (SSSR count). The number of para-hydroxylation sites is 4. The van der Waals surface area contributed by atoms with Gasteiger partial charge in [-0.3, -0.25) is 0 Å². The quantitative estimate of drug-likeness (QED) is 0.179. The van der Waals surface area contributed by atoms with Crippen molar-refractivity contribution in [3.63, 3.8) is 0 Å². The predicted octanol–water partition coefficient (Wildman–Crippen LogP) is 14.3. The van der Waals surface area contributed by atoms with Gasteiger partial charge < -0.3 is 13.6 Å². The lowest BCUT2D eigenvalue weighted by Crippen LogP contribution is -1.96. The van der Waals surface area contributed by atoms with Crippen LogP contribution in [0.3, 0.4) is 0 Å². The lowest BCUT2D eigenvalue weighted by molar-refractivity contribution is 0.669. The smallest absolute Gasteiger partial charge is 0.136 e. The van der Waals surface area contributed by atoms with Crippen LogP contribution < -0.4 is 0 Å². The average Bonchev–Trinajstić information content (AvgIpc) is 3.90. The Bertz CT molecular complexity index is 3490. The van der Waals surface area contributed by atoms with Gasteiger partial charge in [0.25, 0.3) is 0 Å². The Labute approximate surface area is 316 Å². The van der Waals surface area contributed by atoms with Gasteiger partial charge in [0.1, 0.15) is 11.2 Å². The zero-order chi connectivity index (χ0) is 36.0. The van der Waals surface area contributed by atoms with E-state index in [-0.39, 0.29) is 0 Å². The van der Waals surface area contributed by atoms with Gasteiger partial charge >= 0.3 is 0 Å². The highest BCUT2D eigenvalue weighted by Gasteiger charge is 2.18. The third-order valence-corrected chi connectivity index (χ3v) is 11.5. The number of benzene rings is 9. The Hall–Kier alpha value is -7.36. The molecule has 9 aromatic carbocycles. The molecule has 0 aliphatic rings. The van der Waals surface area contributed by atoms with E-state index in [1.54, 1.807) is 0 Å². The Morgan fingerprint density at radius 3 is 1.60 bits per heavy atom. The number of fused-ring (bicyclic) bond motifs is 10. The van der Waals surface area contributed by atoms with Crippen molar-refractivity contribution in [2.45, 2.75) is 0 Å². The van der Waals surface area contributed by atoms with Gasteiger partial charge in [-0.1, -0.05) is 121 Å². The first-order chi connectivity index (χ1) is 27.3. The van der Waals surface area contributed by atoms with Crippen LogP contribution in [0.5, 0.6) is 0 Å². The van der Waals surface area contributed by atoms with E-state index in [0.717, 1.165) is 27.5 Å². The molecular formula is C52H32N2O. The molecule has 3 heteroatoms. The van der Waals surface area contributed by atoms with Crippen LogP contribution in [0.4, 0.5) is 0 Å². The van der Waals surface area contributed by atoms with E-state index in [1.165, 1.54) is 82.4 Å². The number of hydrogen-bond acceptors (Lipinski definition) is 1. The summed E-state index contributed by atoms with van der Waals surface area (Å²) in [5, 5.41) is 9.70. The van der Waals surface area contributed by atoms with Crippen LogP contribution in [-0.4, -0.2) is 9.13 Å². The van der Waals surface area contributed by atoms with Gasteiger partial charge in [0.05, 0.1) is 27.8 Å². The van der Waals surface area contributed by atoms with Crippen LogP contribution in [0.2, 0.25) is 0 Å². The summed E-state index contributed by atoms with van der Waals surface area (Å²) in [6, 6.07) is 70.3. The predicted molar refractivity (Wildman–Crippen MR) is 231 cm³/mol. The monoisotopic (exact) mass is 700 g/mol. The highest BCUT2D eigenvalue weighted by molar-refractivity contribution is 6.14. The molecule has 3 heterocycles. The molecule has 55 heavy (non-hydrogen) atoms. The molecule has 0 atom stereocenters. The molecule has 0 N–H and O–H groups in total. The maximum Gasteiger partial charge on any atom is 0.136 e. The molecule has 0 saturated heterocycles. The van der Waals surface area contributed by atoms with Crippen LogP contribution in [0.15, 0.2) is 199 Å². The van der Waals surface area contributed by atoms with Gasteiger partial charge in [-0.25, -0.2) is 0 Å². The van der Waals surface area contributed by atoms with E-state index in [2.05, 4.69) is 191 Å². The van der Waals surface area contributed by atoms with Crippen molar-refractivity contribution in [2.24, 2.45) is 0 Å². The van der Waals surface area contributed by atoms with Gasteiger partial charge in [0, 0.05) is 43.4 Å². The van der Waals surface area contributed by atoms with Gasteiger partial charge in [-0.05, 0) is 100 Å². The summed E-state index contributed by atoms with van der Waals surface area (Å²) in [6.45, 7) is 0. The molecule has 0 amide bonds. The van der Waals surface area contributed by atoms with Gasteiger partial charge in [-0.15, -0.1) is 0 Å². The molecule has 0 saturated carbocycles. The topological polar surface area (TPSA) is 23.0 Å². The summed E-state index contributed by atoms with van der Waals surface area (Å²) < 4.78 is 11.1. The minimum atomic E-state index is 0.908. The SMILES string of the molecule is c1ccc(-n2c3ccccc3c3cc(-c4ccc5c(c4)c4ccccc4n5-c4cccc5c(-c6ccc7c(c6)oc6ccccc67)cccc45)ccc32)cc1. The van der Waals surface area contributed by atoms with Crippen LogP contribution in [0.1, 0.15) is 0 Å². The lowest BCUT2D eigenvalue weighted by atomic mass is 9.96. The average molecular weight is 701 g/mol. The van der Waals surface area contributed by atoms with Gasteiger partial charge in [-0.2, -0.15) is 0 Å². The lowest BCUT2D eigenvalue weighted by Gasteiger charge is -2.14. The van der Waals surface area contributed by atoms with E-state index < -0.39 is 0 Å². The van der Waals surface area contributed by atoms with Crippen LogP contribution in [0.25, 0.3) is 110 Å². The van der Waals surface area contributed by atoms with Gasteiger partial charge in [0.15, 0.2) is 0 Å². The van der Waals surface area contributed by atoms with E-state index in [0.29, 0.717) is 0 Å². The highest BCUT2D eigenvalue weighted by atomic mass is 16.3. The van der Waals surface area contributed by atoms with Crippen molar-refractivity contribution >= 4 is 76.3 Å². The zero-order valence-corrected chi connectivity index (χ0v) is 29.8. The molecule has 0 fully saturated rings. The Kier molecular flexibility index (Phi) is 6.34. The zero-order valence-electron chi connectivity index (χ0n) is 29.8. The number of rotatable bonds is 4. The molecule has 0 aliphatic heterocycles. The third kappa shape index (κ3) is 4.44. The van der Waals surface area contributed by atoms with Crippen LogP contribution in [0, 0.1) is 0 Å². The maximum absolute atomic E-state index is 6.30. The Balaban J connectivity index is 1.02. The number of furan rings is 1. The summed E-state index contributed by atoms with van der Waals surface area (Å²) in [5.74, 6) is 0. The standard InChI is InChI=1S/C52H32N2O/c1-2-12-36(13-3-1)53-46-20-7-4-14-40(46)44-30-33(25-28-49(44)53)34-26-29-50-45(31-34)41-15-5-8-21-47(41)54(50)48-22-11-18-38-37(17-10-19-39(38)48)35-24-27-43-42-16-6-9-23-51(42)55-52(43)32-35/h1-32H. The fourth-order valence-electron chi connectivity index (χ4n) is 9.05. The second kappa shape index (κ2) is 11.6. The van der Waals surface area contributed by atoms with Gasteiger partial charge in [0.2, 0.25) is 0 Å². The minimum absolute atomic E-state index is 0.908. The fourth-order valence-corrected chi connectivity index (χ4v) is 9.05. The molecule has 0 spiro atoms. The van der Waals surface area contributed by atoms with E-state index >= 15 is 0 Å². The molecule has 0 unspecified atom stereocenters. The molecular weight excluding hydrogens is 669 g/mol. The van der Waals surface area contributed by atoms with E-state index in [1.807, 2.05) is 12.1 Å². The highest BCUT2D eigenvalue weighted by Crippen LogP contribution is 2.41. The summed E-state index contributed by atoms with van der Waals surface area (Å²) >= 11 is 0. The molecule has 3 aromatic heterocycles. The summed E-state index contributed by atoms with van der Waals surface area (Å²) in [6.07, 6.45) is 0. The number of nitrogens with zero attached hydrogens (tertiary/aromatic N) is 2. The third-order valence-electron chi connectivity index (χ3n) is 11.5. The second-order valence-corrected chi connectivity index (χ2v) is 14.5. The van der Waals surface area contributed by atoms with Crippen molar-refractivity contribution in [1.29, 1.82) is 0 Å². The normalized spacial score (nSPS) is 12.0. The molecule has 0 bridgehead atoms. The Morgan fingerprint density at radius 1 is 0.291 bits per heavy atom. The van der Waals surface area contributed by atoms with E-state index in [4.69, 9.17) is 4.42 Å². The second-order valence-electron chi connectivity index (χ2n) is 14.5. The molecule has 0 aliphatic carbocycles. The molecule has 256 valence electrons. The largest absolute Gasteiger partial charge is 0.456 e. The first-order valence-corrected chi connectivity index (χ1v) is 18.8. The molecule has 0 radical (unpaired) electrons. The first kappa shape index (κ1) is 30.1. The van der Waals surface area contributed by atoms with E-state index in [9.17, 15) is 0 Å². The minimum Gasteiger partial charge on any atom is -0.456 e. The summed E-state index contributed by atoms with van der Waals surface area (Å²) in [7, 11) is 0. The number of aromatic nitrogens is 2. The van der Waals surface area contributed by atoms with Crippen LogP contribution >= 0.6 is 0 Å². The molecule has 12 aromatic rings.